The Morgan fingerprint density at radius 1 is 1.07 bits per heavy atom. The van der Waals surface area contributed by atoms with Crippen molar-refractivity contribution in [2.45, 2.75) is 81.8 Å². The standard InChI is InChI=1S/C19H26O8S/c1-11-6-8-12(9-7-11)28(20,21)27-15-14(13-10-22-18(2,3)24-13)23-17-16(15)25-19(4,5)26-17/h6-9,13-17H,10H2,1-5H3/t13-,14-,15-,16-,17-/m1/s1/i14D. The van der Waals surface area contributed by atoms with Gasteiger partial charge in [0.15, 0.2) is 17.9 Å². The molecule has 0 radical (unpaired) electrons. The summed E-state index contributed by atoms with van der Waals surface area (Å²) >= 11 is 0. The number of rotatable bonds is 4. The highest BCUT2D eigenvalue weighted by atomic mass is 32.2. The fraction of sp³-hybridized carbons (Fsp3) is 0.684. The largest absolute Gasteiger partial charge is 0.348 e. The molecule has 3 fully saturated rings. The predicted molar refractivity (Wildman–Crippen MR) is 96.8 cm³/mol. The SMILES string of the molecule is [2H][C@]1([C@H]2COC(C)(C)O2)O[C@@H]2OC(C)(C)O[C@@H]2[C@@H]1OS(=O)(=O)c1ccc(C)cc1. The molecule has 28 heavy (non-hydrogen) atoms. The first-order chi connectivity index (χ1) is 13.3. The molecule has 156 valence electrons. The predicted octanol–water partition coefficient (Wildman–Crippen LogP) is 2.10. The Bertz CT molecular complexity index is 884. The van der Waals surface area contributed by atoms with Crippen molar-refractivity contribution in [3.63, 3.8) is 0 Å². The van der Waals surface area contributed by atoms with Crippen LogP contribution in [0.25, 0.3) is 0 Å². The number of benzene rings is 1. The number of fused-ring (bicyclic) bond motifs is 1. The smallest absolute Gasteiger partial charge is 0.297 e. The van der Waals surface area contributed by atoms with E-state index in [9.17, 15) is 8.42 Å². The van der Waals surface area contributed by atoms with Crippen molar-refractivity contribution < 1.29 is 37.7 Å². The molecule has 0 N–H and O–H groups in total. The summed E-state index contributed by atoms with van der Waals surface area (Å²) in [5, 5.41) is 0. The van der Waals surface area contributed by atoms with E-state index in [0.29, 0.717) is 0 Å². The quantitative estimate of drug-likeness (QED) is 0.691. The van der Waals surface area contributed by atoms with Crippen LogP contribution in [0.3, 0.4) is 0 Å². The van der Waals surface area contributed by atoms with Gasteiger partial charge in [-0.25, -0.2) is 0 Å². The van der Waals surface area contributed by atoms with Gasteiger partial charge in [-0.05, 0) is 46.8 Å². The molecule has 3 aliphatic rings. The van der Waals surface area contributed by atoms with E-state index in [1.807, 2.05) is 6.92 Å². The normalized spacial score (nSPS) is 39.7. The Hall–Kier alpha value is -1.07. The molecule has 3 heterocycles. The molecule has 0 amide bonds. The van der Waals surface area contributed by atoms with Crippen molar-refractivity contribution in [3.8, 4) is 0 Å². The van der Waals surface area contributed by atoms with E-state index in [1.165, 1.54) is 12.1 Å². The van der Waals surface area contributed by atoms with Crippen molar-refractivity contribution >= 4 is 10.1 Å². The molecule has 0 aliphatic carbocycles. The topological polar surface area (TPSA) is 89.5 Å². The second-order valence-electron chi connectivity index (χ2n) is 8.09. The fourth-order valence-corrected chi connectivity index (χ4v) is 4.56. The minimum absolute atomic E-state index is 0.0176. The molecule has 1 aromatic rings. The number of hydrogen-bond acceptors (Lipinski definition) is 8. The van der Waals surface area contributed by atoms with E-state index >= 15 is 0 Å². The highest BCUT2D eigenvalue weighted by Crippen LogP contribution is 2.42. The van der Waals surface area contributed by atoms with Crippen molar-refractivity contribution in [2.24, 2.45) is 0 Å². The summed E-state index contributed by atoms with van der Waals surface area (Å²) in [6.07, 6.45) is -6.00. The number of hydrogen-bond donors (Lipinski definition) is 0. The van der Waals surface area contributed by atoms with Crippen LogP contribution in [0, 0.1) is 6.92 Å². The van der Waals surface area contributed by atoms with Gasteiger partial charge >= 0.3 is 0 Å². The first kappa shape index (κ1) is 18.9. The van der Waals surface area contributed by atoms with Crippen LogP contribution in [0.4, 0.5) is 0 Å². The van der Waals surface area contributed by atoms with E-state index < -0.39 is 52.4 Å². The van der Waals surface area contributed by atoms with Crippen molar-refractivity contribution in [1.29, 1.82) is 0 Å². The average molecular weight is 415 g/mol. The third kappa shape index (κ3) is 3.85. The Balaban J connectivity index is 1.67. The first-order valence-electron chi connectivity index (χ1n) is 9.67. The van der Waals surface area contributed by atoms with Gasteiger partial charge in [0.2, 0.25) is 0 Å². The molecule has 3 saturated heterocycles. The third-order valence-corrected chi connectivity index (χ3v) is 6.10. The van der Waals surface area contributed by atoms with Gasteiger partial charge in [-0.3, -0.25) is 4.18 Å². The second-order valence-corrected chi connectivity index (χ2v) is 9.66. The van der Waals surface area contributed by atoms with Gasteiger partial charge in [0.1, 0.15) is 24.4 Å². The van der Waals surface area contributed by atoms with Crippen molar-refractivity contribution in [1.82, 2.24) is 0 Å². The van der Waals surface area contributed by atoms with Crippen LogP contribution in [0.1, 0.15) is 34.6 Å². The molecule has 0 aromatic heterocycles. The molecule has 8 nitrogen and oxygen atoms in total. The summed E-state index contributed by atoms with van der Waals surface area (Å²) in [6.45, 7) is 8.69. The Morgan fingerprint density at radius 2 is 1.75 bits per heavy atom. The fourth-order valence-electron chi connectivity index (χ4n) is 3.50. The van der Waals surface area contributed by atoms with E-state index in [0.717, 1.165) is 5.56 Å². The molecular weight excluding hydrogens is 388 g/mol. The van der Waals surface area contributed by atoms with Crippen LogP contribution in [0.2, 0.25) is 0 Å². The van der Waals surface area contributed by atoms with Crippen LogP contribution in [0.5, 0.6) is 0 Å². The summed E-state index contributed by atoms with van der Waals surface area (Å²) in [5.41, 5.74) is 0.913. The monoisotopic (exact) mass is 415 g/mol. The summed E-state index contributed by atoms with van der Waals surface area (Å²) < 4.78 is 69.1. The second kappa shape index (κ2) is 6.73. The molecule has 9 heteroatoms. The summed E-state index contributed by atoms with van der Waals surface area (Å²) in [4.78, 5) is -0.0176. The lowest BCUT2D eigenvalue weighted by atomic mass is 10.1. The van der Waals surface area contributed by atoms with Gasteiger partial charge in [-0.1, -0.05) is 17.7 Å². The Kier molecular flexibility index (Phi) is 4.55. The van der Waals surface area contributed by atoms with Crippen LogP contribution in [0.15, 0.2) is 29.2 Å². The van der Waals surface area contributed by atoms with Crippen LogP contribution < -0.4 is 0 Å². The van der Waals surface area contributed by atoms with E-state index in [4.69, 9.17) is 29.2 Å². The zero-order chi connectivity index (χ0) is 21.2. The molecular formula is C19H26O8S. The van der Waals surface area contributed by atoms with E-state index in [-0.39, 0.29) is 11.5 Å². The number of ether oxygens (including phenoxy) is 5. The van der Waals surface area contributed by atoms with Gasteiger partial charge < -0.3 is 23.7 Å². The summed E-state index contributed by atoms with van der Waals surface area (Å²) in [5.74, 6) is -1.93. The van der Waals surface area contributed by atoms with E-state index in [1.54, 1.807) is 39.8 Å². The summed E-state index contributed by atoms with van der Waals surface area (Å²) in [6, 6.07) is 6.26. The third-order valence-electron chi connectivity index (χ3n) is 4.78. The lowest BCUT2D eigenvalue weighted by molar-refractivity contribution is -0.230. The Labute approximate surface area is 166 Å². The van der Waals surface area contributed by atoms with Gasteiger partial charge in [0.05, 0.1) is 12.9 Å². The van der Waals surface area contributed by atoms with Crippen LogP contribution >= 0.6 is 0 Å². The maximum absolute atomic E-state index is 12.9. The van der Waals surface area contributed by atoms with Crippen molar-refractivity contribution in [3.05, 3.63) is 29.8 Å². The van der Waals surface area contributed by atoms with Gasteiger partial charge in [0, 0.05) is 0 Å². The molecule has 0 spiro atoms. The molecule has 0 unspecified atom stereocenters. The molecule has 4 rings (SSSR count). The number of aryl methyl sites for hydroxylation is 1. The maximum Gasteiger partial charge on any atom is 0.297 e. The van der Waals surface area contributed by atoms with Gasteiger partial charge in [0.25, 0.3) is 10.1 Å². The highest BCUT2D eigenvalue weighted by molar-refractivity contribution is 7.86. The lowest BCUT2D eigenvalue weighted by Crippen LogP contribution is -2.45. The molecule has 3 aliphatic heterocycles. The highest BCUT2D eigenvalue weighted by Gasteiger charge is 2.60. The van der Waals surface area contributed by atoms with Gasteiger partial charge in [-0.2, -0.15) is 8.42 Å². The average Bonchev–Trinajstić information content (AvgIpc) is 3.18. The Morgan fingerprint density at radius 3 is 2.36 bits per heavy atom. The minimum atomic E-state index is -4.20. The van der Waals surface area contributed by atoms with E-state index in [2.05, 4.69) is 0 Å². The zero-order valence-electron chi connectivity index (χ0n) is 17.5. The molecule has 0 saturated carbocycles. The minimum Gasteiger partial charge on any atom is -0.348 e. The molecule has 5 atom stereocenters. The molecule has 1 aromatic carbocycles. The maximum atomic E-state index is 12.9. The van der Waals surface area contributed by atoms with Crippen LogP contribution in [-0.2, 0) is 38.0 Å². The van der Waals surface area contributed by atoms with Gasteiger partial charge in [-0.15, -0.1) is 0 Å². The first-order valence-corrected chi connectivity index (χ1v) is 10.6. The van der Waals surface area contributed by atoms with Crippen molar-refractivity contribution in [2.75, 3.05) is 6.61 Å². The van der Waals surface area contributed by atoms with Crippen LogP contribution in [-0.4, -0.2) is 57.3 Å². The lowest BCUT2D eigenvalue weighted by Gasteiger charge is -2.28. The summed E-state index contributed by atoms with van der Waals surface area (Å²) in [7, 11) is -4.20. The zero-order valence-corrected chi connectivity index (χ0v) is 17.3. The molecule has 0 bridgehead atoms.